The van der Waals surface area contributed by atoms with Gasteiger partial charge in [0.05, 0.1) is 6.54 Å². The van der Waals surface area contributed by atoms with Crippen LogP contribution < -0.4 is 11.1 Å². The molecule has 2 rings (SSSR count). The van der Waals surface area contributed by atoms with E-state index in [1.807, 2.05) is 37.4 Å². The molecule has 1 amide bonds. The summed E-state index contributed by atoms with van der Waals surface area (Å²) in [5.74, 6) is -0.167. The summed E-state index contributed by atoms with van der Waals surface area (Å²) in [6.45, 7) is 0.000341. The summed E-state index contributed by atoms with van der Waals surface area (Å²) in [6, 6.07) is 9.96. The Morgan fingerprint density at radius 2 is 2.24 bits per heavy atom. The third-order valence-corrected chi connectivity index (χ3v) is 2.85. The van der Waals surface area contributed by atoms with E-state index in [-0.39, 0.29) is 24.7 Å². The summed E-state index contributed by atoms with van der Waals surface area (Å²) in [5.41, 5.74) is 6.38. The average molecular weight is 235 g/mol. The minimum Gasteiger partial charge on any atom is -0.337 e. The molecule has 0 aromatic heterocycles. The standard InChI is InChI=1S/C12H17N3O2/c1-15-11(14-12(16)8-13)7-10(17-15)9-5-3-2-4-6-9/h2-6,10-11H,7-8,13H2,1H3,(H,14,16)/t10-,11+/m1/s1. The quantitative estimate of drug-likeness (QED) is 0.795. The second-order valence-corrected chi connectivity index (χ2v) is 4.07. The lowest BCUT2D eigenvalue weighted by atomic mass is 10.1. The van der Waals surface area contributed by atoms with Crippen LogP contribution in [0.15, 0.2) is 30.3 Å². The van der Waals surface area contributed by atoms with Gasteiger partial charge in [-0.1, -0.05) is 30.3 Å². The number of hydrogen-bond donors (Lipinski definition) is 2. The summed E-state index contributed by atoms with van der Waals surface area (Å²) in [6.07, 6.45) is 0.604. The Bertz CT molecular complexity index is 383. The van der Waals surface area contributed by atoms with Crippen LogP contribution in [0.5, 0.6) is 0 Å². The van der Waals surface area contributed by atoms with Crippen LogP contribution >= 0.6 is 0 Å². The molecule has 3 N–H and O–H groups in total. The Balaban J connectivity index is 2.00. The number of nitrogens with one attached hydrogen (secondary N) is 1. The minimum atomic E-state index is -0.167. The number of benzene rings is 1. The summed E-state index contributed by atoms with van der Waals surface area (Å²) < 4.78 is 0. The molecule has 92 valence electrons. The first-order valence-electron chi connectivity index (χ1n) is 5.64. The number of hydrogen-bond acceptors (Lipinski definition) is 4. The van der Waals surface area contributed by atoms with Crippen LogP contribution in [0.3, 0.4) is 0 Å². The maximum Gasteiger partial charge on any atom is 0.235 e. The Kier molecular flexibility index (Phi) is 3.73. The van der Waals surface area contributed by atoms with Gasteiger partial charge in [0.15, 0.2) is 0 Å². The van der Waals surface area contributed by atoms with Crippen LogP contribution in [0.2, 0.25) is 0 Å². The summed E-state index contributed by atoms with van der Waals surface area (Å²) >= 11 is 0. The zero-order chi connectivity index (χ0) is 12.3. The van der Waals surface area contributed by atoms with Crippen molar-refractivity contribution in [2.45, 2.75) is 18.7 Å². The number of rotatable bonds is 3. The highest BCUT2D eigenvalue weighted by molar-refractivity contribution is 5.78. The molecule has 1 fully saturated rings. The fourth-order valence-corrected chi connectivity index (χ4v) is 1.93. The highest BCUT2D eigenvalue weighted by atomic mass is 16.7. The van der Waals surface area contributed by atoms with Crippen LogP contribution in [-0.4, -0.2) is 30.7 Å². The molecule has 1 aromatic rings. The third kappa shape index (κ3) is 2.82. The molecule has 1 aliphatic heterocycles. The molecular formula is C12H17N3O2. The van der Waals surface area contributed by atoms with E-state index in [2.05, 4.69) is 5.32 Å². The number of carbonyl (C=O) groups excluding carboxylic acids is 1. The lowest BCUT2D eigenvalue weighted by molar-refractivity contribution is -0.153. The molecule has 17 heavy (non-hydrogen) atoms. The maximum absolute atomic E-state index is 11.2. The van der Waals surface area contributed by atoms with E-state index < -0.39 is 0 Å². The normalized spacial score (nSPS) is 24.8. The van der Waals surface area contributed by atoms with Crippen LogP contribution in [0.4, 0.5) is 0 Å². The molecule has 0 bridgehead atoms. The molecule has 0 aliphatic carbocycles. The molecule has 2 atom stereocenters. The molecule has 1 saturated heterocycles. The summed E-state index contributed by atoms with van der Waals surface area (Å²) in [5, 5.41) is 4.49. The summed E-state index contributed by atoms with van der Waals surface area (Å²) in [7, 11) is 1.81. The van der Waals surface area contributed by atoms with Crippen molar-refractivity contribution >= 4 is 5.91 Å². The molecule has 5 nitrogen and oxygen atoms in total. The topological polar surface area (TPSA) is 67.6 Å². The first-order chi connectivity index (χ1) is 8.20. The second kappa shape index (κ2) is 5.27. The van der Waals surface area contributed by atoms with Crippen molar-refractivity contribution in [3.05, 3.63) is 35.9 Å². The van der Waals surface area contributed by atoms with Gasteiger partial charge in [-0.15, -0.1) is 0 Å². The predicted octanol–water partition coefficient (Wildman–Crippen LogP) is 0.396. The van der Waals surface area contributed by atoms with Gasteiger partial charge in [0.2, 0.25) is 5.91 Å². The van der Waals surface area contributed by atoms with E-state index >= 15 is 0 Å². The van der Waals surface area contributed by atoms with E-state index in [0.29, 0.717) is 0 Å². The van der Waals surface area contributed by atoms with Gasteiger partial charge >= 0.3 is 0 Å². The van der Waals surface area contributed by atoms with Crippen molar-refractivity contribution in [1.82, 2.24) is 10.4 Å². The minimum absolute atomic E-state index is 0.000341. The number of hydroxylamine groups is 2. The van der Waals surface area contributed by atoms with Crippen LogP contribution in [0.25, 0.3) is 0 Å². The Labute approximate surface area is 100 Å². The van der Waals surface area contributed by atoms with Gasteiger partial charge in [-0.2, -0.15) is 5.06 Å². The highest BCUT2D eigenvalue weighted by Crippen LogP contribution is 2.30. The predicted molar refractivity (Wildman–Crippen MR) is 63.6 cm³/mol. The SMILES string of the molecule is CN1O[C@@H](c2ccccc2)C[C@H]1NC(=O)CN. The van der Waals surface area contributed by atoms with Gasteiger partial charge in [-0.25, -0.2) is 0 Å². The lowest BCUT2D eigenvalue weighted by Gasteiger charge is -2.17. The highest BCUT2D eigenvalue weighted by Gasteiger charge is 2.32. The fourth-order valence-electron chi connectivity index (χ4n) is 1.93. The van der Waals surface area contributed by atoms with Gasteiger partial charge in [0.25, 0.3) is 0 Å². The molecule has 0 spiro atoms. The Hall–Kier alpha value is -1.43. The molecule has 1 heterocycles. The Morgan fingerprint density at radius 1 is 1.53 bits per heavy atom. The van der Waals surface area contributed by atoms with E-state index in [1.165, 1.54) is 0 Å². The molecule has 5 heteroatoms. The average Bonchev–Trinajstić information content (AvgIpc) is 2.72. The number of nitrogens with two attached hydrogens (primary N) is 1. The van der Waals surface area contributed by atoms with E-state index in [0.717, 1.165) is 12.0 Å². The van der Waals surface area contributed by atoms with Crippen molar-refractivity contribution < 1.29 is 9.63 Å². The van der Waals surface area contributed by atoms with E-state index in [9.17, 15) is 4.79 Å². The van der Waals surface area contributed by atoms with E-state index in [1.54, 1.807) is 5.06 Å². The third-order valence-electron chi connectivity index (χ3n) is 2.85. The number of amides is 1. The smallest absolute Gasteiger partial charge is 0.235 e. The van der Waals surface area contributed by atoms with Gasteiger partial charge in [0, 0.05) is 13.5 Å². The molecular weight excluding hydrogens is 218 g/mol. The monoisotopic (exact) mass is 235 g/mol. The zero-order valence-corrected chi connectivity index (χ0v) is 9.80. The largest absolute Gasteiger partial charge is 0.337 e. The van der Waals surface area contributed by atoms with Gasteiger partial charge in [-0.05, 0) is 5.56 Å². The van der Waals surface area contributed by atoms with Gasteiger partial charge < -0.3 is 11.1 Å². The van der Waals surface area contributed by atoms with Crippen LogP contribution in [-0.2, 0) is 9.63 Å². The van der Waals surface area contributed by atoms with E-state index in [4.69, 9.17) is 10.6 Å². The molecule has 1 aliphatic rings. The van der Waals surface area contributed by atoms with Gasteiger partial charge in [0.1, 0.15) is 12.3 Å². The number of carbonyl (C=O) groups is 1. The van der Waals surface area contributed by atoms with Gasteiger partial charge in [-0.3, -0.25) is 9.63 Å². The first kappa shape index (κ1) is 12.0. The van der Waals surface area contributed by atoms with Crippen molar-refractivity contribution in [1.29, 1.82) is 0 Å². The van der Waals surface area contributed by atoms with Crippen molar-refractivity contribution in [2.24, 2.45) is 5.73 Å². The van der Waals surface area contributed by atoms with Crippen molar-refractivity contribution in [2.75, 3.05) is 13.6 Å². The zero-order valence-electron chi connectivity index (χ0n) is 9.80. The van der Waals surface area contributed by atoms with Crippen LogP contribution in [0.1, 0.15) is 18.1 Å². The number of nitrogens with zero attached hydrogens (tertiary/aromatic N) is 1. The second-order valence-electron chi connectivity index (χ2n) is 4.07. The lowest BCUT2D eigenvalue weighted by Crippen LogP contribution is -2.44. The molecule has 0 saturated carbocycles. The molecule has 0 unspecified atom stereocenters. The maximum atomic E-state index is 11.2. The fraction of sp³-hybridized carbons (Fsp3) is 0.417. The molecule has 0 radical (unpaired) electrons. The first-order valence-corrected chi connectivity index (χ1v) is 5.64. The van der Waals surface area contributed by atoms with Crippen molar-refractivity contribution in [3.63, 3.8) is 0 Å². The summed E-state index contributed by atoms with van der Waals surface area (Å²) in [4.78, 5) is 16.9. The van der Waals surface area contributed by atoms with Crippen LogP contribution in [0, 0.1) is 0 Å². The molecule has 1 aromatic carbocycles. The van der Waals surface area contributed by atoms with Crippen molar-refractivity contribution in [3.8, 4) is 0 Å². The Morgan fingerprint density at radius 3 is 2.88 bits per heavy atom.